The summed E-state index contributed by atoms with van der Waals surface area (Å²) in [6.07, 6.45) is 5.02. The van der Waals surface area contributed by atoms with Gasteiger partial charge in [0.1, 0.15) is 6.61 Å². The maximum atomic E-state index is 8.62. The summed E-state index contributed by atoms with van der Waals surface area (Å²) in [6.45, 7) is 17.6. The minimum absolute atomic E-state index is 0.117. The van der Waals surface area contributed by atoms with Gasteiger partial charge in [-0.15, -0.1) is 0 Å². The molecule has 0 amide bonds. The molecule has 19 heavy (non-hydrogen) atoms. The lowest BCUT2D eigenvalue weighted by Crippen LogP contribution is -2.28. The van der Waals surface area contributed by atoms with Gasteiger partial charge in [0.25, 0.3) is 0 Å². The summed E-state index contributed by atoms with van der Waals surface area (Å²) in [4.78, 5) is 9.12. The van der Waals surface area contributed by atoms with Crippen molar-refractivity contribution in [1.29, 1.82) is 5.26 Å². The van der Waals surface area contributed by atoms with Gasteiger partial charge in [-0.1, -0.05) is 52.9 Å². The zero-order chi connectivity index (χ0) is 15.1. The summed E-state index contributed by atoms with van der Waals surface area (Å²) in [5, 5.41) is 12.7. The van der Waals surface area contributed by atoms with Crippen LogP contribution in [0.1, 0.15) is 34.6 Å². The summed E-state index contributed by atoms with van der Waals surface area (Å²) < 4.78 is 0. The maximum Gasteiger partial charge on any atom is 0.205 e. The lowest BCUT2D eigenvalue weighted by molar-refractivity contribution is 0.0967. The van der Waals surface area contributed by atoms with Gasteiger partial charge in [-0.2, -0.15) is 10.3 Å². The van der Waals surface area contributed by atoms with Crippen LogP contribution < -0.4 is 0 Å². The van der Waals surface area contributed by atoms with E-state index in [1.165, 1.54) is 0 Å². The fourth-order valence-electron chi connectivity index (χ4n) is 1.34. The predicted molar refractivity (Wildman–Crippen MR) is 80.1 cm³/mol. The molecular weight excluding hydrogens is 238 g/mol. The van der Waals surface area contributed by atoms with E-state index in [1.807, 2.05) is 34.6 Å². The third-order valence-corrected chi connectivity index (χ3v) is 2.61. The maximum absolute atomic E-state index is 8.62. The van der Waals surface area contributed by atoms with E-state index in [9.17, 15) is 0 Å². The number of hydrogen-bond donors (Lipinski definition) is 0. The summed E-state index contributed by atoms with van der Waals surface area (Å²) >= 11 is 0. The largest absolute Gasteiger partial charge is 0.395 e. The molecule has 0 unspecified atom stereocenters. The molecule has 0 saturated heterocycles. The summed E-state index contributed by atoms with van der Waals surface area (Å²) in [5.41, 5.74) is 0.820. The molecule has 0 aliphatic rings. The van der Waals surface area contributed by atoms with Crippen LogP contribution in [0.3, 0.4) is 0 Å². The van der Waals surface area contributed by atoms with E-state index in [2.05, 4.69) is 23.3 Å². The van der Waals surface area contributed by atoms with E-state index in [0.29, 0.717) is 12.3 Å². The van der Waals surface area contributed by atoms with Gasteiger partial charge in [-0.3, -0.25) is 0 Å². The molecule has 104 valence electrons. The zero-order valence-electron chi connectivity index (χ0n) is 12.5. The first-order valence-corrected chi connectivity index (χ1v) is 6.11. The minimum atomic E-state index is -0.425. The van der Waals surface area contributed by atoms with Crippen LogP contribution in [0.2, 0.25) is 0 Å². The molecule has 4 heteroatoms. The van der Waals surface area contributed by atoms with Crippen molar-refractivity contribution in [2.24, 2.45) is 21.0 Å². The second kappa shape index (κ2) is 6.89. The van der Waals surface area contributed by atoms with Crippen molar-refractivity contribution in [3.63, 3.8) is 0 Å². The monoisotopic (exact) mass is 261 g/mol. The van der Waals surface area contributed by atoms with Crippen LogP contribution in [-0.4, -0.2) is 18.0 Å². The Kier molecular flexibility index (Phi) is 6.20. The first kappa shape index (κ1) is 17.1. The van der Waals surface area contributed by atoms with Crippen molar-refractivity contribution >= 4 is 11.4 Å². The van der Waals surface area contributed by atoms with Crippen molar-refractivity contribution in [1.82, 2.24) is 0 Å². The summed E-state index contributed by atoms with van der Waals surface area (Å²) in [7, 11) is 0. The molecular formula is C15H23N3O. The number of rotatable bonds is 6. The van der Waals surface area contributed by atoms with E-state index in [1.54, 1.807) is 18.3 Å². The molecule has 0 rings (SSSR count). The zero-order valence-corrected chi connectivity index (χ0v) is 12.5. The molecule has 0 aromatic carbocycles. The van der Waals surface area contributed by atoms with Crippen LogP contribution in [0.5, 0.6) is 0 Å². The second-order valence-corrected chi connectivity index (χ2v) is 5.89. The topological polar surface area (TPSA) is 57.7 Å². The van der Waals surface area contributed by atoms with Crippen LogP contribution in [0.15, 0.2) is 35.5 Å². The van der Waals surface area contributed by atoms with Crippen molar-refractivity contribution in [2.75, 3.05) is 6.61 Å². The van der Waals surface area contributed by atoms with Crippen LogP contribution in [0.4, 0.5) is 0 Å². The minimum Gasteiger partial charge on any atom is -0.395 e. The molecule has 0 heterocycles. The van der Waals surface area contributed by atoms with Crippen molar-refractivity contribution < 1.29 is 4.84 Å². The highest BCUT2D eigenvalue weighted by Gasteiger charge is 2.25. The number of allylic oxidation sites excluding steroid dienone is 2. The average molecular weight is 261 g/mol. The average Bonchev–Trinajstić information content (AvgIpc) is 2.29. The molecule has 0 N–H and O–H groups in total. The molecule has 0 fully saturated rings. The van der Waals surface area contributed by atoms with Gasteiger partial charge in [0.2, 0.25) is 6.19 Å². The van der Waals surface area contributed by atoms with Crippen LogP contribution in [0.25, 0.3) is 0 Å². The first-order valence-electron chi connectivity index (χ1n) is 6.11. The third kappa shape index (κ3) is 5.52. The molecule has 0 atom stereocenters. The molecule has 0 aromatic rings. The van der Waals surface area contributed by atoms with E-state index >= 15 is 0 Å². The predicted octanol–water partition coefficient (Wildman–Crippen LogP) is 3.73. The molecule has 0 bridgehead atoms. The molecule has 0 spiro atoms. The lowest BCUT2D eigenvalue weighted by Gasteiger charge is -2.23. The second-order valence-electron chi connectivity index (χ2n) is 5.89. The van der Waals surface area contributed by atoms with Gasteiger partial charge in [-0.25, -0.2) is 0 Å². The van der Waals surface area contributed by atoms with E-state index < -0.39 is 5.41 Å². The smallest absolute Gasteiger partial charge is 0.205 e. The van der Waals surface area contributed by atoms with E-state index in [4.69, 9.17) is 10.1 Å². The Morgan fingerprint density at radius 3 is 2.05 bits per heavy atom. The summed E-state index contributed by atoms with van der Waals surface area (Å²) in [5.74, 6) is 0. The number of hydrogen-bond acceptors (Lipinski definition) is 4. The van der Waals surface area contributed by atoms with Gasteiger partial charge >= 0.3 is 0 Å². The third-order valence-electron chi connectivity index (χ3n) is 2.61. The first-order chi connectivity index (χ1) is 8.69. The Morgan fingerprint density at radius 1 is 1.16 bits per heavy atom. The van der Waals surface area contributed by atoms with Gasteiger partial charge in [0.05, 0.1) is 11.4 Å². The van der Waals surface area contributed by atoms with Crippen LogP contribution in [-0.2, 0) is 4.84 Å². The fraction of sp³-hybridized carbons (Fsp3) is 0.533. The quantitative estimate of drug-likeness (QED) is 0.415. The van der Waals surface area contributed by atoms with Gasteiger partial charge in [0, 0.05) is 10.8 Å². The molecule has 0 aromatic heterocycles. The standard InChI is InChI=1S/C15H23N3O/c1-8-12(14(3,4)5)18-19-10-15(6,7)13(9-2)17-11-16/h8-9H,1-2,10H2,3-7H3/b17-13?,18-12+. The van der Waals surface area contributed by atoms with E-state index in [-0.39, 0.29) is 5.41 Å². The van der Waals surface area contributed by atoms with Crippen LogP contribution in [0, 0.1) is 22.3 Å². The molecule has 0 aliphatic carbocycles. The molecule has 0 saturated carbocycles. The van der Waals surface area contributed by atoms with Gasteiger partial charge in [-0.05, 0) is 12.2 Å². The Morgan fingerprint density at radius 2 is 1.68 bits per heavy atom. The molecule has 0 radical (unpaired) electrons. The van der Waals surface area contributed by atoms with Crippen molar-refractivity contribution in [3.05, 3.63) is 25.3 Å². The highest BCUT2D eigenvalue weighted by molar-refractivity contribution is 5.99. The number of nitrogens with zero attached hydrogens (tertiary/aromatic N) is 3. The Labute approximate surface area is 116 Å². The Hall–Kier alpha value is -1.89. The normalized spacial score (nSPS) is 13.7. The SMILES string of the molecule is C=CC(=NC#N)C(C)(C)CO/N=C(\C=C)C(C)(C)C. The van der Waals surface area contributed by atoms with Gasteiger partial charge < -0.3 is 4.84 Å². The highest BCUT2D eigenvalue weighted by Crippen LogP contribution is 2.21. The Bertz CT molecular complexity index is 431. The fourth-order valence-corrected chi connectivity index (χ4v) is 1.34. The lowest BCUT2D eigenvalue weighted by atomic mass is 9.88. The van der Waals surface area contributed by atoms with E-state index in [0.717, 1.165) is 5.71 Å². The number of oxime groups is 1. The van der Waals surface area contributed by atoms with Crippen LogP contribution >= 0.6 is 0 Å². The molecule has 0 aliphatic heterocycles. The summed E-state index contributed by atoms with van der Waals surface area (Å²) in [6, 6.07) is 0. The Balaban J connectivity index is 4.86. The number of aliphatic imine (C=N–C) groups is 1. The van der Waals surface area contributed by atoms with Crippen molar-refractivity contribution in [2.45, 2.75) is 34.6 Å². The van der Waals surface area contributed by atoms with Gasteiger partial charge in [0.15, 0.2) is 0 Å². The molecule has 4 nitrogen and oxygen atoms in total. The van der Waals surface area contributed by atoms with Crippen molar-refractivity contribution in [3.8, 4) is 6.19 Å². The highest BCUT2D eigenvalue weighted by atomic mass is 16.6. The number of nitriles is 1.